The molecule has 3 N–H and O–H groups in total. The number of carbonyl (C=O) groups is 1. The normalized spacial score (nSPS) is 13.4. The summed E-state index contributed by atoms with van der Waals surface area (Å²) in [4.78, 5) is 20.4. The molecule has 19 heavy (non-hydrogen) atoms. The molecule has 0 saturated heterocycles. The van der Waals surface area contributed by atoms with Crippen LogP contribution in [0.2, 0.25) is 0 Å². The molecule has 0 aliphatic heterocycles. The van der Waals surface area contributed by atoms with Gasteiger partial charge < -0.3 is 20.3 Å². The first-order chi connectivity index (χ1) is 8.90. The van der Waals surface area contributed by atoms with Crippen molar-refractivity contribution in [2.45, 2.75) is 6.61 Å². The van der Waals surface area contributed by atoms with E-state index in [1.807, 2.05) is 31.3 Å². The van der Waals surface area contributed by atoms with Crippen LogP contribution in [0.1, 0.15) is 5.56 Å². The van der Waals surface area contributed by atoms with Gasteiger partial charge in [-0.3, -0.25) is 4.57 Å². The number of benzene rings is 1. The van der Waals surface area contributed by atoms with Gasteiger partial charge in [0.1, 0.15) is 6.61 Å². The molecule has 0 aliphatic rings. The van der Waals surface area contributed by atoms with E-state index in [9.17, 15) is 9.36 Å². The molecule has 0 heterocycles. The number of amides is 1. The zero-order chi connectivity index (χ0) is 14.3. The van der Waals surface area contributed by atoms with Crippen LogP contribution in [-0.4, -0.2) is 37.4 Å². The summed E-state index contributed by atoms with van der Waals surface area (Å²) in [6.07, 6.45) is -0.551. The highest BCUT2D eigenvalue weighted by atomic mass is 31.2. The third kappa shape index (κ3) is 6.84. The lowest BCUT2D eigenvalue weighted by atomic mass is 10.2. The van der Waals surface area contributed by atoms with Crippen molar-refractivity contribution in [2.24, 2.45) is 0 Å². The fourth-order valence-corrected chi connectivity index (χ4v) is 1.86. The van der Waals surface area contributed by atoms with E-state index in [0.717, 1.165) is 11.3 Å². The summed E-state index contributed by atoms with van der Waals surface area (Å²) >= 11 is 0. The van der Waals surface area contributed by atoms with Crippen LogP contribution in [0.25, 0.3) is 0 Å². The van der Waals surface area contributed by atoms with Gasteiger partial charge in [0, 0.05) is 32.1 Å². The quantitative estimate of drug-likeness (QED) is 0.695. The van der Waals surface area contributed by atoms with Crippen molar-refractivity contribution in [1.29, 1.82) is 0 Å². The Hall–Kier alpha value is -1.52. The van der Waals surface area contributed by atoms with E-state index in [2.05, 4.69) is 10.6 Å². The molecule has 1 aromatic carbocycles. The molecular weight excluding hydrogens is 267 g/mol. The Kier molecular flexibility index (Phi) is 5.86. The summed E-state index contributed by atoms with van der Waals surface area (Å²) in [5, 5.41) is 5.42. The van der Waals surface area contributed by atoms with E-state index in [1.165, 1.54) is 6.66 Å². The number of hydrogen-bond donors (Lipinski definition) is 3. The van der Waals surface area contributed by atoms with Crippen molar-refractivity contribution < 1.29 is 19.0 Å². The van der Waals surface area contributed by atoms with Crippen LogP contribution in [-0.2, 0) is 15.9 Å². The standard InChI is InChI=1S/C12H19N2O4P/c1-13-11-5-3-10(4-6-11)9-18-12(15)14-7-8-19(2,16)17/h3-6,13H,7-9H2,1-2H3,(H,14,15)(H,16,17). The molecule has 1 atom stereocenters. The maximum atomic E-state index is 11.3. The predicted molar refractivity (Wildman–Crippen MR) is 74.8 cm³/mol. The summed E-state index contributed by atoms with van der Waals surface area (Å²) in [6, 6.07) is 7.48. The number of hydrogen-bond acceptors (Lipinski definition) is 4. The van der Waals surface area contributed by atoms with E-state index in [-0.39, 0.29) is 19.3 Å². The van der Waals surface area contributed by atoms with E-state index < -0.39 is 13.5 Å². The van der Waals surface area contributed by atoms with Crippen LogP contribution >= 0.6 is 7.37 Å². The molecule has 1 rings (SSSR count). The van der Waals surface area contributed by atoms with Gasteiger partial charge >= 0.3 is 6.09 Å². The van der Waals surface area contributed by atoms with Crippen molar-refractivity contribution in [3.8, 4) is 0 Å². The van der Waals surface area contributed by atoms with Crippen LogP contribution in [0.15, 0.2) is 24.3 Å². The fourth-order valence-electron chi connectivity index (χ4n) is 1.33. The van der Waals surface area contributed by atoms with Gasteiger partial charge in [-0.2, -0.15) is 0 Å². The molecule has 0 radical (unpaired) electrons. The average molecular weight is 286 g/mol. The summed E-state index contributed by atoms with van der Waals surface area (Å²) in [6.45, 7) is 1.55. The van der Waals surface area contributed by atoms with Crippen LogP contribution in [0, 0.1) is 0 Å². The number of rotatable bonds is 6. The molecule has 0 aromatic heterocycles. The lowest BCUT2D eigenvalue weighted by Gasteiger charge is -2.08. The minimum atomic E-state index is -3.09. The average Bonchev–Trinajstić information content (AvgIpc) is 2.35. The predicted octanol–water partition coefficient (Wildman–Crippen LogP) is 1.85. The summed E-state index contributed by atoms with van der Waals surface area (Å²) < 4.78 is 16.0. The molecule has 106 valence electrons. The van der Waals surface area contributed by atoms with Gasteiger partial charge in [-0.05, 0) is 17.7 Å². The second-order valence-electron chi connectivity index (χ2n) is 4.22. The van der Waals surface area contributed by atoms with Crippen molar-refractivity contribution in [1.82, 2.24) is 5.32 Å². The molecule has 7 heteroatoms. The minimum Gasteiger partial charge on any atom is -0.445 e. The third-order valence-electron chi connectivity index (χ3n) is 2.41. The monoisotopic (exact) mass is 286 g/mol. The maximum Gasteiger partial charge on any atom is 0.407 e. The van der Waals surface area contributed by atoms with E-state index in [1.54, 1.807) is 0 Å². The van der Waals surface area contributed by atoms with Gasteiger partial charge in [0.2, 0.25) is 0 Å². The Morgan fingerprint density at radius 1 is 1.37 bits per heavy atom. The largest absolute Gasteiger partial charge is 0.445 e. The first-order valence-corrected chi connectivity index (χ1v) is 8.16. The second kappa shape index (κ2) is 7.16. The Morgan fingerprint density at radius 2 is 2.00 bits per heavy atom. The van der Waals surface area contributed by atoms with Gasteiger partial charge in [0.15, 0.2) is 7.37 Å². The van der Waals surface area contributed by atoms with Gasteiger partial charge in [-0.15, -0.1) is 0 Å². The number of nitrogens with one attached hydrogen (secondary N) is 2. The zero-order valence-corrected chi connectivity index (χ0v) is 11.9. The highest BCUT2D eigenvalue weighted by Gasteiger charge is 2.10. The molecule has 1 amide bonds. The second-order valence-corrected chi connectivity index (χ2v) is 6.77. The number of anilines is 1. The number of alkyl carbamates (subject to hydrolysis) is 1. The van der Waals surface area contributed by atoms with Crippen molar-refractivity contribution >= 4 is 19.1 Å². The fraction of sp³-hybridized carbons (Fsp3) is 0.417. The Morgan fingerprint density at radius 3 is 2.53 bits per heavy atom. The molecule has 6 nitrogen and oxygen atoms in total. The molecule has 0 aliphatic carbocycles. The van der Waals surface area contributed by atoms with Crippen LogP contribution in [0.5, 0.6) is 0 Å². The van der Waals surface area contributed by atoms with Gasteiger partial charge in [0.05, 0.1) is 0 Å². The summed E-state index contributed by atoms with van der Waals surface area (Å²) in [5.41, 5.74) is 1.85. The van der Waals surface area contributed by atoms with E-state index in [4.69, 9.17) is 9.63 Å². The van der Waals surface area contributed by atoms with Crippen molar-refractivity contribution in [3.05, 3.63) is 29.8 Å². The van der Waals surface area contributed by atoms with Crippen LogP contribution in [0.3, 0.4) is 0 Å². The zero-order valence-electron chi connectivity index (χ0n) is 11.0. The lowest BCUT2D eigenvalue weighted by Crippen LogP contribution is -2.27. The maximum absolute atomic E-state index is 11.3. The molecule has 0 bridgehead atoms. The topological polar surface area (TPSA) is 87.7 Å². The minimum absolute atomic E-state index is 0.0406. The van der Waals surface area contributed by atoms with Gasteiger partial charge in [0.25, 0.3) is 0 Å². The molecule has 0 fully saturated rings. The third-order valence-corrected chi connectivity index (χ3v) is 3.46. The van der Waals surface area contributed by atoms with Crippen molar-refractivity contribution in [2.75, 3.05) is 31.7 Å². The number of ether oxygens (including phenoxy) is 1. The molecular formula is C12H19N2O4P. The number of carbonyl (C=O) groups excluding carboxylic acids is 1. The molecule has 1 aromatic rings. The Balaban J connectivity index is 2.27. The SMILES string of the molecule is CNc1ccc(COC(=O)NCCP(C)(=O)O)cc1. The first-order valence-electron chi connectivity index (χ1n) is 5.87. The van der Waals surface area contributed by atoms with Crippen molar-refractivity contribution in [3.63, 3.8) is 0 Å². The first kappa shape index (κ1) is 15.5. The van der Waals surface area contributed by atoms with Gasteiger partial charge in [-0.1, -0.05) is 12.1 Å². The van der Waals surface area contributed by atoms with E-state index >= 15 is 0 Å². The smallest absolute Gasteiger partial charge is 0.407 e. The van der Waals surface area contributed by atoms with Crippen LogP contribution in [0.4, 0.5) is 10.5 Å². The molecule has 0 spiro atoms. The lowest BCUT2D eigenvalue weighted by molar-refractivity contribution is 0.140. The Bertz CT molecular complexity index is 455. The van der Waals surface area contributed by atoms with Crippen LogP contribution < -0.4 is 10.6 Å². The summed E-state index contributed by atoms with van der Waals surface area (Å²) in [7, 11) is -1.26. The molecule has 1 unspecified atom stereocenters. The molecule has 0 saturated carbocycles. The van der Waals surface area contributed by atoms with Gasteiger partial charge in [-0.25, -0.2) is 4.79 Å². The highest BCUT2D eigenvalue weighted by Crippen LogP contribution is 2.33. The highest BCUT2D eigenvalue weighted by molar-refractivity contribution is 7.57. The van der Waals surface area contributed by atoms with E-state index in [0.29, 0.717) is 0 Å². The summed E-state index contributed by atoms with van der Waals surface area (Å²) in [5.74, 6) is 0. The Labute approximate surface area is 112 Å².